The van der Waals surface area contributed by atoms with Crippen LogP contribution in [0.3, 0.4) is 0 Å². The Morgan fingerprint density at radius 2 is 1.55 bits per heavy atom. The van der Waals surface area contributed by atoms with Crippen LogP contribution in [0.5, 0.6) is 0 Å². The molecule has 0 heterocycles. The first-order valence-electron chi connectivity index (χ1n) is 2.78. The Balaban J connectivity index is 4.27. The van der Waals surface area contributed by atoms with Gasteiger partial charge in [0.25, 0.3) is 0 Å². The van der Waals surface area contributed by atoms with Crippen LogP contribution in [0.1, 0.15) is 0 Å². The van der Waals surface area contributed by atoms with Gasteiger partial charge in [0.1, 0.15) is 6.29 Å². The molecule has 0 saturated carbocycles. The summed E-state index contributed by atoms with van der Waals surface area (Å²) in [7, 11) is 2.17. The van der Waals surface area contributed by atoms with E-state index in [1.807, 2.05) is 0 Å². The quantitative estimate of drug-likeness (QED) is 0.305. The Labute approximate surface area is 63.3 Å². The molecular formula is C6H8O5. The van der Waals surface area contributed by atoms with E-state index in [1.54, 1.807) is 0 Å². The molecule has 0 amide bonds. The lowest BCUT2D eigenvalue weighted by Crippen LogP contribution is -2.27. The molecule has 0 saturated heterocycles. The minimum Gasteiger partial charge on any atom is -0.468 e. The number of ether oxygens (including phenoxy) is 2. The zero-order chi connectivity index (χ0) is 8.85. The molecule has 0 atom stereocenters. The highest BCUT2D eigenvalue weighted by Crippen LogP contribution is 1.97. The lowest BCUT2D eigenvalue weighted by molar-refractivity contribution is -0.159. The fourth-order valence-corrected chi connectivity index (χ4v) is 0.461. The largest absolute Gasteiger partial charge is 0.468 e. The van der Waals surface area contributed by atoms with E-state index in [2.05, 4.69) is 9.47 Å². The number of carbonyl (C=O) groups is 3. The SMILES string of the molecule is COC(=O)C(C=O)C(=O)OC. The summed E-state index contributed by atoms with van der Waals surface area (Å²) in [5.74, 6) is -3.27. The van der Waals surface area contributed by atoms with Crippen molar-refractivity contribution in [2.45, 2.75) is 0 Å². The van der Waals surface area contributed by atoms with Gasteiger partial charge in [-0.15, -0.1) is 0 Å². The monoisotopic (exact) mass is 160 g/mol. The molecule has 0 spiro atoms. The number of methoxy groups -OCH3 is 2. The van der Waals surface area contributed by atoms with Gasteiger partial charge in [-0.05, 0) is 0 Å². The molecule has 0 aliphatic rings. The minimum absolute atomic E-state index is 0.178. The van der Waals surface area contributed by atoms with Gasteiger partial charge in [-0.1, -0.05) is 0 Å². The van der Waals surface area contributed by atoms with Crippen LogP contribution in [0.25, 0.3) is 0 Å². The maximum absolute atomic E-state index is 10.6. The molecule has 0 aliphatic heterocycles. The number of aldehydes is 1. The molecule has 0 radical (unpaired) electrons. The fraction of sp³-hybridized carbons (Fsp3) is 0.500. The van der Waals surface area contributed by atoms with Gasteiger partial charge in [0, 0.05) is 0 Å². The molecule has 0 aromatic carbocycles. The van der Waals surface area contributed by atoms with Crippen molar-refractivity contribution in [3.8, 4) is 0 Å². The summed E-state index contributed by atoms with van der Waals surface area (Å²) < 4.78 is 8.31. The Morgan fingerprint density at radius 3 is 1.73 bits per heavy atom. The number of rotatable bonds is 3. The zero-order valence-electron chi connectivity index (χ0n) is 6.20. The van der Waals surface area contributed by atoms with Crippen molar-refractivity contribution >= 4 is 18.2 Å². The summed E-state index contributed by atoms with van der Waals surface area (Å²) in [5.41, 5.74) is 0. The number of carbonyl (C=O) groups excluding carboxylic acids is 3. The van der Waals surface area contributed by atoms with Crippen LogP contribution >= 0.6 is 0 Å². The van der Waals surface area contributed by atoms with Crippen molar-refractivity contribution in [3.05, 3.63) is 0 Å². The van der Waals surface area contributed by atoms with E-state index in [9.17, 15) is 14.4 Å². The smallest absolute Gasteiger partial charge is 0.327 e. The van der Waals surface area contributed by atoms with Crippen molar-refractivity contribution < 1.29 is 23.9 Å². The molecule has 5 heteroatoms. The fourth-order valence-electron chi connectivity index (χ4n) is 0.461. The normalized spacial score (nSPS) is 9.00. The molecule has 62 valence electrons. The van der Waals surface area contributed by atoms with Crippen LogP contribution in [0, 0.1) is 5.92 Å². The van der Waals surface area contributed by atoms with Gasteiger partial charge in [-0.25, -0.2) is 0 Å². The number of hydrogen-bond donors (Lipinski definition) is 0. The van der Waals surface area contributed by atoms with E-state index >= 15 is 0 Å². The molecule has 0 bridgehead atoms. The minimum atomic E-state index is -1.45. The number of hydrogen-bond acceptors (Lipinski definition) is 5. The third kappa shape index (κ3) is 2.37. The van der Waals surface area contributed by atoms with Gasteiger partial charge in [0.05, 0.1) is 14.2 Å². The number of esters is 2. The average molecular weight is 160 g/mol. The molecule has 0 fully saturated rings. The standard InChI is InChI=1S/C6H8O5/c1-10-5(8)4(3-7)6(9)11-2/h3-4H,1-2H3. The molecule has 0 aromatic heterocycles. The second-order valence-electron chi connectivity index (χ2n) is 1.66. The van der Waals surface area contributed by atoms with Crippen molar-refractivity contribution in [1.82, 2.24) is 0 Å². The summed E-state index contributed by atoms with van der Waals surface area (Å²) in [6, 6.07) is 0. The Morgan fingerprint density at radius 1 is 1.18 bits per heavy atom. The Kier molecular flexibility index (Phi) is 3.87. The third-order valence-corrected chi connectivity index (χ3v) is 1.05. The zero-order valence-corrected chi connectivity index (χ0v) is 6.20. The Bertz CT molecular complexity index is 158. The lowest BCUT2D eigenvalue weighted by Gasteiger charge is -2.03. The van der Waals surface area contributed by atoms with Crippen LogP contribution in [0.4, 0.5) is 0 Å². The molecule has 11 heavy (non-hydrogen) atoms. The van der Waals surface area contributed by atoms with E-state index in [-0.39, 0.29) is 6.29 Å². The molecule has 0 aromatic rings. The summed E-state index contributed by atoms with van der Waals surface area (Å²) in [6.07, 6.45) is 0.178. The van der Waals surface area contributed by atoms with E-state index in [1.165, 1.54) is 0 Å². The molecule has 0 rings (SSSR count). The third-order valence-electron chi connectivity index (χ3n) is 1.05. The first-order chi connectivity index (χ1) is 5.17. The van der Waals surface area contributed by atoms with Gasteiger partial charge < -0.3 is 14.3 Å². The van der Waals surface area contributed by atoms with Gasteiger partial charge in [-0.3, -0.25) is 9.59 Å². The lowest BCUT2D eigenvalue weighted by atomic mass is 10.2. The van der Waals surface area contributed by atoms with Crippen LogP contribution in [-0.2, 0) is 23.9 Å². The molecule has 5 nitrogen and oxygen atoms in total. The molecule has 0 N–H and O–H groups in total. The summed E-state index contributed by atoms with van der Waals surface area (Å²) in [6.45, 7) is 0. The van der Waals surface area contributed by atoms with Gasteiger partial charge in [-0.2, -0.15) is 0 Å². The summed E-state index contributed by atoms with van der Waals surface area (Å²) in [5, 5.41) is 0. The van der Waals surface area contributed by atoms with Crippen molar-refractivity contribution in [1.29, 1.82) is 0 Å². The predicted molar refractivity (Wildman–Crippen MR) is 33.6 cm³/mol. The van der Waals surface area contributed by atoms with Gasteiger partial charge in [0.2, 0.25) is 5.92 Å². The maximum atomic E-state index is 10.6. The van der Waals surface area contributed by atoms with Crippen molar-refractivity contribution in [3.63, 3.8) is 0 Å². The molecule has 0 unspecified atom stereocenters. The van der Waals surface area contributed by atoms with Crippen LogP contribution in [-0.4, -0.2) is 32.4 Å². The highest BCUT2D eigenvalue weighted by molar-refractivity contribution is 6.07. The average Bonchev–Trinajstić information content (AvgIpc) is 2.05. The van der Waals surface area contributed by atoms with E-state index < -0.39 is 17.9 Å². The predicted octanol–water partition coefficient (Wildman–Crippen LogP) is -0.853. The highest BCUT2D eigenvalue weighted by Gasteiger charge is 2.27. The van der Waals surface area contributed by atoms with E-state index in [0.717, 1.165) is 14.2 Å². The van der Waals surface area contributed by atoms with Crippen LogP contribution < -0.4 is 0 Å². The second-order valence-corrected chi connectivity index (χ2v) is 1.66. The van der Waals surface area contributed by atoms with Crippen LogP contribution in [0.15, 0.2) is 0 Å². The first kappa shape index (κ1) is 9.61. The van der Waals surface area contributed by atoms with E-state index in [0.29, 0.717) is 0 Å². The first-order valence-corrected chi connectivity index (χ1v) is 2.78. The van der Waals surface area contributed by atoms with Crippen LogP contribution in [0.2, 0.25) is 0 Å². The topological polar surface area (TPSA) is 69.7 Å². The summed E-state index contributed by atoms with van der Waals surface area (Å²) in [4.78, 5) is 31.3. The van der Waals surface area contributed by atoms with Crippen molar-refractivity contribution in [2.24, 2.45) is 5.92 Å². The van der Waals surface area contributed by atoms with Gasteiger partial charge in [0.15, 0.2) is 0 Å². The molecule has 0 aliphatic carbocycles. The molecular weight excluding hydrogens is 152 g/mol. The summed E-state index contributed by atoms with van der Waals surface area (Å²) >= 11 is 0. The van der Waals surface area contributed by atoms with E-state index in [4.69, 9.17) is 0 Å². The maximum Gasteiger partial charge on any atom is 0.327 e. The van der Waals surface area contributed by atoms with Crippen molar-refractivity contribution in [2.75, 3.05) is 14.2 Å². The van der Waals surface area contributed by atoms with Gasteiger partial charge >= 0.3 is 11.9 Å². The highest BCUT2D eigenvalue weighted by atomic mass is 16.5. The second kappa shape index (κ2) is 4.43. The Hall–Kier alpha value is -1.39.